The molecule has 2 heterocycles. The molecule has 7 heteroatoms. The van der Waals surface area contributed by atoms with Gasteiger partial charge in [0.1, 0.15) is 12.4 Å². The molecule has 0 bridgehead atoms. The molecule has 2 aromatic carbocycles. The van der Waals surface area contributed by atoms with Crippen LogP contribution in [0.3, 0.4) is 0 Å². The van der Waals surface area contributed by atoms with Crippen molar-refractivity contribution in [2.45, 2.75) is 20.0 Å². The molecule has 0 atom stereocenters. The number of anilines is 2. The molecule has 0 aliphatic carbocycles. The summed E-state index contributed by atoms with van der Waals surface area (Å²) in [4.78, 5) is 30.2. The molecule has 6 nitrogen and oxygen atoms in total. The first-order chi connectivity index (χ1) is 13.6. The topological polar surface area (TPSA) is 71.5 Å². The second-order valence-corrected chi connectivity index (χ2v) is 7.23. The van der Waals surface area contributed by atoms with Crippen LogP contribution in [0.25, 0.3) is 0 Å². The number of nitrogens with one attached hydrogen (secondary N) is 1. The molecule has 0 saturated carbocycles. The van der Waals surface area contributed by atoms with Crippen LogP contribution in [0.1, 0.15) is 28.5 Å². The molecule has 4 rings (SSSR count). The maximum absolute atomic E-state index is 12.6. The number of fused-ring (bicyclic) bond motifs is 1. The van der Waals surface area contributed by atoms with Gasteiger partial charge < -0.3 is 15.0 Å². The van der Waals surface area contributed by atoms with E-state index in [2.05, 4.69) is 10.3 Å². The van der Waals surface area contributed by atoms with Crippen molar-refractivity contribution in [2.75, 3.05) is 16.8 Å². The molecule has 28 heavy (non-hydrogen) atoms. The van der Waals surface area contributed by atoms with Gasteiger partial charge in [0.2, 0.25) is 5.91 Å². The Balaban J connectivity index is 1.44. The summed E-state index contributed by atoms with van der Waals surface area (Å²) in [5.74, 6) is 0.442. The molecular formula is C21H19N3O3S. The number of nitrogens with zero attached hydrogens (tertiary/aromatic N) is 2. The summed E-state index contributed by atoms with van der Waals surface area (Å²) in [5, 5.41) is 4.85. The summed E-state index contributed by atoms with van der Waals surface area (Å²) in [5.41, 5.74) is 5.83. The fourth-order valence-electron chi connectivity index (χ4n) is 3.20. The number of hydrogen-bond donors (Lipinski definition) is 1. The van der Waals surface area contributed by atoms with Crippen molar-refractivity contribution in [1.29, 1.82) is 0 Å². The van der Waals surface area contributed by atoms with Crippen molar-refractivity contribution >= 4 is 34.5 Å². The van der Waals surface area contributed by atoms with E-state index in [1.54, 1.807) is 35.5 Å². The zero-order valence-electron chi connectivity index (χ0n) is 15.3. The second kappa shape index (κ2) is 7.82. The number of rotatable bonds is 5. The van der Waals surface area contributed by atoms with Crippen molar-refractivity contribution in [1.82, 2.24) is 4.98 Å². The Morgan fingerprint density at radius 2 is 2.14 bits per heavy atom. The Kier molecular flexibility index (Phi) is 5.08. The van der Waals surface area contributed by atoms with Crippen LogP contribution in [0, 0.1) is 0 Å². The third-order valence-electron chi connectivity index (χ3n) is 4.58. The third kappa shape index (κ3) is 3.89. The molecule has 0 saturated heterocycles. The molecule has 0 unspecified atom stereocenters. The zero-order chi connectivity index (χ0) is 19.5. The van der Waals surface area contributed by atoms with Crippen molar-refractivity contribution in [2.24, 2.45) is 0 Å². The monoisotopic (exact) mass is 393 g/mol. The van der Waals surface area contributed by atoms with E-state index in [9.17, 15) is 9.59 Å². The Bertz CT molecular complexity index is 1020. The van der Waals surface area contributed by atoms with Gasteiger partial charge in [-0.3, -0.25) is 9.59 Å². The third-order valence-corrected chi connectivity index (χ3v) is 5.21. The molecular weight excluding hydrogens is 374 g/mol. The summed E-state index contributed by atoms with van der Waals surface area (Å²) in [6.07, 6.45) is 0.790. The van der Waals surface area contributed by atoms with Gasteiger partial charge in [-0.25, -0.2) is 4.98 Å². The average molecular weight is 393 g/mol. The fraction of sp³-hybridized carbons (Fsp3) is 0.190. The second-order valence-electron chi connectivity index (χ2n) is 6.51. The van der Waals surface area contributed by atoms with Gasteiger partial charge in [0.05, 0.1) is 11.2 Å². The Morgan fingerprint density at radius 3 is 2.93 bits per heavy atom. The van der Waals surface area contributed by atoms with E-state index < -0.39 is 0 Å². The Hall–Kier alpha value is -3.19. The Morgan fingerprint density at radius 1 is 1.25 bits per heavy atom. The van der Waals surface area contributed by atoms with Crippen LogP contribution in [0.4, 0.5) is 11.4 Å². The first kappa shape index (κ1) is 18.2. The van der Waals surface area contributed by atoms with E-state index >= 15 is 0 Å². The van der Waals surface area contributed by atoms with Gasteiger partial charge in [-0.2, -0.15) is 0 Å². The van der Waals surface area contributed by atoms with Gasteiger partial charge >= 0.3 is 0 Å². The molecule has 2 amide bonds. The fourth-order valence-corrected chi connectivity index (χ4v) is 3.75. The predicted octanol–water partition coefficient (Wildman–Crippen LogP) is 3.88. The highest BCUT2D eigenvalue weighted by atomic mass is 32.1. The normalized spacial score (nSPS) is 12.5. The first-order valence-electron chi connectivity index (χ1n) is 8.92. The minimum absolute atomic E-state index is 0.0324. The van der Waals surface area contributed by atoms with Crippen molar-refractivity contribution in [3.05, 3.63) is 70.2 Å². The smallest absolute Gasteiger partial charge is 0.255 e. The van der Waals surface area contributed by atoms with Crippen LogP contribution in [-0.2, 0) is 17.8 Å². The SMILES string of the molecule is CC(=O)N1CCc2cc(NC(=O)c3cccc(OCc4cscn4)c3)ccc21. The highest BCUT2D eigenvalue weighted by Gasteiger charge is 2.22. The van der Waals surface area contributed by atoms with Gasteiger partial charge in [0.15, 0.2) is 0 Å². The molecule has 1 N–H and O–H groups in total. The quantitative estimate of drug-likeness (QED) is 0.714. The lowest BCUT2D eigenvalue weighted by Crippen LogP contribution is -2.25. The standard InChI is InChI=1S/C21H19N3O3S/c1-14(25)24-8-7-15-9-17(5-6-20(15)24)23-21(26)16-3-2-4-19(10-16)27-11-18-12-28-13-22-18/h2-6,9-10,12-13H,7-8,11H2,1H3,(H,23,26). The molecule has 1 aliphatic rings. The predicted molar refractivity (Wildman–Crippen MR) is 109 cm³/mol. The van der Waals surface area contributed by atoms with Crippen LogP contribution in [-0.4, -0.2) is 23.3 Å². The number of benzene rings is 2. The molecule has 1 aliphatic heterocycles. The van der Waals surface area contributed by atoms with Crippen LogP contribution >= 0.6 is 11.3 Å². The Labute approximate surface area is 166 Å². The van der Waals surface area contributed by atoms with E-state index in [0.29, 0.717) is 30.2 Å². The van der Waals surface area contributed by atoms with E-state index in [0.717, 1.165) is 23.4 Å². The van der Waals surface area contributed by atoms with Gasteiger partial charge in [-0.05, 0) is 48.4 Å². The van der Waals surface area contributed by atoms with Crippen LogP contribution in [0.2, 0.25) is 0 Å². The lowest BCUT2D eigenvalue weighted by atomic mass is 10.1. The number of carbonyl (C=O) groups excluding carboxylic acids is 2. The van der Waals surface area contributed by atoms with Crippen LogP contribution in [0.15, 0.2) is 53.4 Å². The number of ether oxygens (including phenoxy) is 1. The highest BCUT2D eigenvalue weighted by molar-refractivity contribution is 7.07. The van der Waals surface area contributed by atoms with Crippen molar-refractivity contribution in [3.8, 4) is 5.75 Å². The summed E-state index contributed by atoms with van der Waals surface area (Å²) >= 11 is 1.52. The maximum atomic E-state index is 12.6. The van der Waals surface area contributed by atoms with Gasteiger partial charge in [0, 0.05) is 35.8 Å². The first-order valence-corrected chi connectivity index (χ1v) is 9.87. The van der Waals surface area contributed by atoms with Crippen LogP contribution < -0.4 is 15.0 Å². The lowest BCUT2D eigenvalue weighted by molar-refractivity contribution is -0.116. The van der Waals surface area contributed by atoms with E-state index in [-0.39, 0.29) is 11.8 Å². The van der Waals surface area contributed by atoms with Gasteiger partial charge in [-0.1, -0.05) is 6.07 Å². The molecule has 0 fully saturated rings. The molecule has 142 valence electrons. The van der Waals surface area contributed by atoms with Gasteiger partial charge in [-0.15, -0.1) is 11.3 Å². The molecule has 3 aromatic rings. The van der Waals surface area contributed by atoms with Crippen molar-refractivity contribution in [3.63, 3.8) is 0 Å². The number of thiazole rings is 1. The molecule has 0 radical (unpaired) electrons. The van der Waals surface area contributed by atoms with Gasteiger partial charge in [0.25, 0.3) is 5.91 Å². The molecule has 0 spiro atoms. The zero-order valence-corrected chi connectivity index (χ0v) is 16.2. The summed E-state index contributed by atoms with van der Waals surface area (Å²) in [6, 6.07) is 12.7. The minimum atomic E-state index is -0.208. The summed E-state index contributed by atoms with van der Waals surface area (Å²) in [6.45, 7) is 2.61. The average Bonchev–Trinajstić information content (AvgIpc) is 3.36. The number of amides is 2. The highest BCUT2D eigenvalue weighted by Crippen LogP contribution is 2.30. The van der Waals surface area contributed by atoms with E-state index in [1.807, 2.05) is 29.6 Å². The summed E-state index contributed by atoms with van der Waals surface area (Å²) in [7, 11) is 0. The largest absolute Gasteiger partial charge is 0.487 e. The van der Waals surface area contributed by atoms with E-state index in [1.165, 1.54) is 11.3 Å². The number of carbonyl (C=O) groups is 2. The number of hydrogen-bond acceptors (Lipinski definition) is 5. The lowest BCUT2D eigenvalue weighted by Gasteiger charge is -2.15. The summed E-state index contributed by atoms with van der Waals surface area (Å²) < 4.78 is 5.71. The van der Waals surface area contributed by atoms with Crippen LogP contribution in [0.5, 0.6) is 5.75 Å². The number of aromatic nitrogens is 1. The van der Waals surface area contributed by atoms with Crippen molar-refractivity contribution < 1.29 is 14.3 Å². The molecule has 1 aromatic heterocycles. The maximum Gasteiger partial charge on any atom is 0.255 e. The van der Waals surface area contributed by atoms with E-state index in [4.69, 9.17) is 4.74 Å². The minimum Gasteiger partial charge on any atom is -0.487 e.